The normalized spacial score (nSPS) is 10.4. The lowest BCUT2D eigenvalue weighted by atomic mass is 9.99. The first kappa shape index (κ1) is 12.4. The van der Waals surface area contributed by atoms with Crippen molar-refractivity contribution in [3.63, 3.8) is 0 Å². The molecule has 2 rings (SSSR count). The van der Waals surface area contributed by atoms with Gasteiger partial charge in [0, 0.05) is 22.9 Å². The molecule has 0 atom stereocenters. The zero-order valence-corrected chi connectivity index (χ0v) is 11.1. The van der Waals surface area contributed by atoms with E-state index in [0.29, 0.717) is 5.56 Å². The number of hydrogen-bond donors (Lipinski definition) is 1. The number of methoxy groups -OCH3 is 1. The molecule has 18 heavy (non-hydrogen) atoms. The van der Waals surface area contributed by atoms with Gasteiger partial charge in [-0.25, -0.2) is 0 Å². The van der Waals surface area contributed by atoms with E-state index in [0.717, 1.165) is 22.4 Å². The van der Waals surface area contributed by atoms with Crippen molar-refractivity contribution in [2.75, 3.05) is 7.11 Å². The summed E-state index contributed by atoms with van der Waals surface area (Å²) in [5, 5.41) is 0. The summed E-state index contributed by atoms with van der Waals surface area (Å²) in [6.07, 6.45) is 1.72. The first-order valence-corrected chi connectivity index (χ1v) is 5.88. The van der Waals surface area contributed by atoms with Gasteiger partial charge in [0.1, 0.15) is 5.75 Å². The summed E-state index contributed by atoms with van der Waals surface area (Å²) in [6.45, 7) is 5.89. The van der Waals surface area contributed by atoms with Crippen LogP contribution >= 0.6 is 0 Å². The molecule has 2 aromatic rings. The van der Waals surface area contributed by atoms with Crippen LogP contribution in [0.4, 0.5) is 0 Å². The summed E-state index contributed by atoms with van der Waals surface area (Å²) < 4.78 is 5.49. The minimum absolute atomic E-state index is 0.0541. The van der Waals surface area contributed by atoms with Crippen LogP contribution in [0, 0.1) is 20.8 Å². The number of rotatable bonds is 2. The molecule has 0 spiro atoms. The molecule has 0 amide bonds. The molecule has 1 aromatic carbocycles. The number of aromatic amines is 1. The number of nitrogens with one attached hydrogen (secondary N) is 1. The Kier molecular flexibility index (Phi) is 3.24. The molecule has 0 aliphatic carbocycles. The molecule has 1 heterocycles. The number of H-pyrrole nitrogens is 1. The Balaban J connectivity index is 2.67. The van der Waals surface area contributed by atoms with Crippen molar-refractivity contribution in [1.29, 1.82) is 0 Å². The number of aromatic nitrogens is 1. The third-order valence-electron chi connectivity index (χ3n) is 3.28. The highest BCUT2D eigenvalue weighted by atomic mass is 16.5. The SMILES string of the molecule is COc1c(-c2c[nH]c(=O)c(C)c2)ccc(C)c1C. The molecule has 0 unspecified atom stereocenters. The number of aryl methyl sites for hydroxylation is 2. The smallest absolute Gasteiger partial charge is 0.250 e. The highest BCUT2D eigenvalue weighted by molar-refractivity contribution is 5.72. The summed E-state index contributed by atoms with van der Waals surface area (Å²) in [6, 6.07) is 5.97. The van der Waals surface area contributed by atoms with Gasteiger partial charge in [-0.05, 0) is 38.0 Å². The predicted molar refractivity (Wildman–Crippen MR) is 73.3 cm³/mol. The predicted octanol–water partition coefficient (Wildman–Crippen LogP) is 2.98. The molecule has 1 N–H and O–H groups in total. The van der Waals surface area contributed by atoms with Crippen molar-refractivity contribution in [3.8, 4) is 16.9 Å². The fraction of sp³-hybridized carbons (Fsp3) is 0.267. The van der Waals surface area contributed by atoms with Gasteiger partial charge in [-0.3, -0.25) is 4.79 Å². The van der Waals surface area contributed by atoms with E-state index in [2.05, 4.69) is 18.0 Å². The van der Waals surface area contributed by atoms with E-state index in [-0.39, 0.29) is 5.56 Å². The second-order valence-corrected chi connectivity index (χ2v) is 4.49. The molecule has 0 saturated carbocycles. The number of hydrogen-bond acceptors (Lipinski definition) is 2. The van der Waals surface area contributed by atoms with E-state index < -0.39 is 0 Å². The van der Waals surface area contributed by atoms with Gasteiger partial charge in [0.25, 0.3) is 5.56 Å². The summed E-state index contributed by atoms with van der Waals surface area (Å²) in [7, 11) is 1.67. The Morgan fingerprint density at radius 2 is 1.83 bits per heavy atom. The molecule has 0 aliphatic rings. The average Bonchev–Trinajstić information content (AvgIpc) is 2.36. The van der Waals surface area contributed by atoms with E-state index in [1.54, 1.807) is 20.2 Å². The van der Waals surface area contributed by atoms with Gasteiger partial charge >= 0.3 is 0 Å². The molecular weight excluding hydrogens is 226 g/mol. The minimum Gasteiger partial charge on any atom is -0.496 e. The summed E-state index contributed by atoms with van der Waals surface area (Å²) in [5.41, 5.74) is 4.93. The Hall–Kier alpha value is -2.03. The van der Waals surface area contributed by atoms with Gasteiger partial charge in [0.05, 0.1) is 7.11 Å². The van der Waals surface area contributed by atoms with Crippen molar-refractivity contribution in [2.45, 2.75) is 20.8 Å². The van der Waals surface area contributed by atoms with Gasteiger partial charge in [0.15, 0.2) is 0 Å². The molecule has 0 bridgehead atoms. The van der Waals surface area contributed by atoms with Gasteiger partial charge in [-0.2, -0.15) is 0 Å². The summed E-state index contributed by atoms with van der Waals surface area (Å²) >= 11 is 0. The Morgan fingerprint density at radius 1 is 1.11 bits per heavy atom. The maximum absolute atomic E-state index is 11.4. The third-order valence-corrected chi connectivity index (χ3v) is 3.28. The van der Waals surface area contributed by atoms with Crippen molar-refractivity contribution < 1.29 is 4.74 Å². The number of pyridine rings is 1. The van der Waals surface area contributed by atoms with Crippen LogP contribution < -0.4 is 10.3 Å². The molecule has 3 nitrogen and oxygen atoms in total. The van der Waals surface area contributed by atoms with Crippen LogP contribution in [0.25, 0.3) is 11.1 Å². The number of benzene rings is 1. The minimum atomic E-state index is -0.0541. The van der Waals surface area contributed by atoms with E-state index in [1.807, 2.05) is 19.1 Å². The molecule has 1 aromatic heterocycles. The highest BCUT2D eigenvalue weighted by Gasteiger charge is 2.11. The van der Waals surface area contributed by atoms with E-state index in [9.17, 15) is 4.79 Å². The van der Waals surface area contributed by atoms with Crippen LogP contribution in [-0.4, -0.2) is 12.1 Å². The van der Waals surface area contributed by atoms with Gasteiger partial charge in [-0.1, -0.05) is 12.1 Å². The van der Waals surface area contributed by atoms with Crippen molar-refractivity contribution in [1.82, 2.24) is 4.98 Å². The van der Waals surface area contributed by atoms with Gasteiger partial charge < -0.3 is 9.72 Å². The molecule has 0 radical (unpaired) electrons. The second-order valence-electron chi connectivity index (χ2n) is 4.49. The van der Waals surface area contributed by atoms with E-state index in [4.69, 9.17) is 4.74 Å². The van der Waals surface area contributed by atoms with Crippen molar-refractivity contribution in [2.24, 2.45) is 0 Å². The number of ether oxygens (including phenoxy) is 1. The third kappa shape index (κ3) is 2.04. The summed E-state index contributed by atoms with van der Waals surface area (Å²) in [5.74, 6) is 0.862. The van der Waals surface area contributed by atoms with Crippen molar-refractivity contribution >= 4 is 0 Å². The average molecular weight is 243 g/mol. The fourth-order valence-corrected chi connectivity index (χ4v) is 2.03. The standard InChI is InChI=1S/C15H17NO2/c1-9-5-6-13(14(18-4)11(9)3)12-7-10(2)15(17)16-8-12/h5-8H,1-4H3,(H,16,17). The monoisotopic (exact) mass is 243 g/mol. The first-order chi connectivity index (χ1) is 8.54. The molecule has 0 saturated heterocycles. The van der Waals surface area contributed by atoms with Gasteiger partial charge in [-0.15, -0.1) is 0 Å². The van der Waals surface area contributed by atoms with Crippen LogP contribution in [0.5, 0.6) is 5.75 Å². The maximum Gasteiger partial charge on any atom is 0.250 e. The van der Waals surface area contributed by atoms with E-state index in [1.165, 1.54) is 5.56 Å². The largest absolute Gasteiger partial charge is 0.496 e. The zero-order chi connectivity index (χ0) is 13.3. The molecule has 94 valence electrons. The summed E-state index contributed by atoms with van der Waals surface area (Å²) in [4.78, 5) is 14.1. The Morgan fingerprint density at radius 3 is 2.44 bits per heavy atom. The van der Waals surface area contributed by atoms with Crippen LogP contribution in [-0.2, 0) is 0 Å². The highest BCUT2D eigenvalue weighted by Crippen LogP contribution is 2.34. The van der Waals surface area contributed by atoms with Crippen molar-refractivity contribution in [3.05, 3.63) is 51.4 Å². The van der Waals surface area contributed by atoms with Crippen LogP contribution in [0.15, 0.2) is 29.2 Å². The maximum atomic E-state index is 11.4. The van der Waals surface area contributed by atoms with E-state index >= 15 is 0 Å². The van der Waals surface area contributed by atoms with Gasteiger partial charge in [0.2, 0.25) is 0 Å². The quantitative estimate of drug-likeness (QED) is 0.881. The topological polar surface area (TPSA) is 42.1 Å². The first-order valence-electron chi connectivity index (χ1n) is 5.88. The fourth-order valence-electron chi connectivity index (χ4n) is 2.03. The zero-order valence-electron chi connectivity index (χ0n) is 11.1. The molecule has 3 heteroatoms. The van der Waals surface area contributed by atoms with Crippen LogP contribution in [0.2, 0.25) is 0 Å². The second kappa shape index (κ2) is 4.69. The molecular formula is C15H17NO2. The molecule has 0 fully saturated rings. The lowest BCUT2D eigenvalue weighted by Crippen LogP contribution is -2.08. The van der Waals surface area contributed by atoms with Crippen LogP contribution in [0.3, 0.4) is 0 Å². The lowest BCUT2D eigenvalue weighted by Gasteiger charge is -2.13. The Labute approximate surface area is 106 Å². The lowest BCUT2D eigenvalue weighted by molar-refractivity contribution is 0.413. The van der Waals surface area contributed by atoms with Crippen LogP contribution in [0.1, 0.15) is 16.7 Å². The molecule has 0 aliphatic heterocycles. The Bertz CT molecular complexity index is 641.